The van der Waals surface area contributed by atoms with E-state index in [4.69, 9.17) is 23.2 Å². The van der Waals surface area contributed by atoms with Gasteiger partial charge < -0.3 is 10.6 Å². The van der Waals surface area contributed by atoms with Crippen LogP contribution in [0.1, 0.15) is 43.4 Å². The highest BCUT2D eigenvalue weighted by Gasteiger charge is 2.39. The summed E-state index contributed by atoms with van der Waals surface area (Å²) in [6, 6.07) is 10.6. The van der Waals surface area contributed by atoms with Crippen molar-refractivity contribution in [3.05, 3.63) is 80.2 Å². The number of ketones is 1. The fraction of sp³-hybridized carbons (Fsp3) is 0.261. The lowest BCUT2D eigenvalue weighted by Crippen LogP contribution is -2.35. The minimum atomic E-state index is -0.566. The molecule has 1 aromatic carbocycles. The summed E-state index contributed by atoms with van der Waals surface area (Å²) in [4.78, 5) is 30.7. The molecular formula is C23H21Cl2N3O2. The van der Waals surface area contributed by atoms with Gasteiger partial charge in [0, 0.05) is 50.6 Å². The maximum absolute atomic E-state index is 13.4. The van der Waals surface area contributed by atoms with Crippen LogP contribution in [-0.4, -0.2) is 16.7 Å². The van der Waals surface area contributed by atoms with Crippen LogP contribution in [0.15, 0.2) is 58.9 Å². The van der Waals surface area contributed by atoms with Crippen LogP contribution in [0.3, 0.4) is 0 Å². The Morgan fingerprint density at radius 1 is 1.17 bits per heavy atom. The van der Waals surface area contributed by atoms with Crippen molar-refractivity contribution in [2.45, 2.75) is 39.0 Å². The zero-order valence-electron chi connectivity index (χ0n) is 16.7. The first kappa shape index (κ1) is 20.6. The largest absolute Gasteiger partial charge is 0.362 e. The van der Waals surface area contributed by atoms with E-state index in [-0.39, 0.29) is 11.7 Å². The molecule has 7 heteroatoms. The molecular weight excluding hydrogens is 421 g/mol. The average Bonchev–Trinajstić information content (AvgIpc) is 2.67. The zero-order chi connectivity index (χ0) is 21.4. The molecule has 1 unspecified atom stereocenters. The van der Waals surface area contributed by atoms with Crippen molar-refractivity contribution in [3.63, 3.8) is 0 Å². The lowest BCUT2D eigenvalue weighted by Gasteiger charge is -2.34. The van der Waals surface area contributed by atoms with Crippen LogP contribution in [0, 0.1) is 6.92 Å². The van der Waals surface area contributed by atoms with Crippen molar-refractivity contribution >= 4 is 40.7 Å². The van der Waals surface area contributed by atoms with Crippen LogP contribution in [0.2, 0.25) is 10.0 Å². The molecule has 1 aromatic heterocycles. The molecule has 1 aliphatic heterocycles. The molecule has 1 aliphatic carbocycles. The average molecular weight is 442 g/mol. The third kappa shape index (κ3) is 3.87. The number of benzene rings is 1. The Morgan fingerprint density at radius 2 is 1.97 bits per heavy atom. The number of rotatable bonds is 3. The molecule has 30 heavy (non-hydrogen) atoms. The van der Waals surface area contributed by atoms with Crippen LogP contribution in [0.4, 0.5) is 5.82 Å². The molecule has 2 aromatic rings. The number of nitrogens with zero attached hydrogens (tertiary/aromatic N) is 1. The Labute approximate surface area is 185 Å². The summed E-state index contributed by atoms with van der Waals surface area (Å²) in [6.45, 7) is 3.70. The SMILES string of the molecule is CC1=C(C(=O)Nc2cccc(C)n2)C(c2ccc(Cl)cc2Cl)C2=C(CCCC2=O)N1. The van der Waals surface area contributed by atoms with Gasteiger partial charge in [-0.2, -0.15) is 0 Å². The van der Waals surface area contributed by atoms with Crippen LogP contribution in [-0.2, 0) is 9.59 Å². The Bertz CT molecular complexity index is 1120. The van der Waals surface area contributed by atoms with Crippen LogP contribution in [0.25, 0.3) is 0 Å². The number of amides is 1. The number of hydrogen-bond donors (Lipinski definition) is 2. The van der Waals surface area contributed by atoms with E-state index < -0.39 is 5.92 Å². The molecule has 0 saturated heterocycles. The number of halogens is 2. The summed E-state index contributed by atoms with van der Waals surface area (Å²) in [6.07, 6.45) is 2.00. The van der Waals surface area contributed by atoms with Gasteiger partial charge in [-0.1, -0.05) is 35.3 Å². The number of aromatic nitrogens is 1. The van der Waals surface area contributed by atoms with Gasteiger partial charge in [0.05, 0.1) is 0 Å². The van der Waals surface area contributed by atoms with Crippen molar-refractivity contribution in [3.8, 4) is 0 Å². The molecule has 0 spiro atoms. The van der Waals surface area contributed by atoms with Crippen molar-refractivity contribution in [2.24, 2.45) is 0 Å². The van der Waals surface area contributed by atoms with Gasteiger partial charge in [-0.25, -0.2) is 4.98 Å². The topological polar surface area (TPSA) is 71.1 Å². The third-order valence-corrected chi connectivity index (χ3v) is 5.99. The number of dihydropyridines is 1. The summed E-state index contributed by atoms with van der Waals surface area (Å²) < 4.78 is 0. The van der Waals surface area contributed by atoms with Crippen LogP contribution >= 0.6 is 23.2 Å². The quantitative estimate of drug-likeness (QED) is 0.677. The molecule has 154 valence electrons. The number of allylic oxidation sites excluding steroid dienone is 3. The van der Waals surface area contributed by atoms with E-state index in [0.717, 1.165) is 24.2 Å². The Kier molecular flexibility index (Phi) is 5.67. The maximum Gasteiger partial charge on any atom is 0.255 e. The standard InChI is InChI=1S/C23H21Cl2N3O2/c1-12-5-3-8-19(26-12)28-23(30)20-13(2)27-17-6-4-7-18(29)22(17)21(20)15-10-9-14(24)11-16(15)25/h3,5,8-11,21,27H,4,6-7H2,1-2H3,(H,26,28,30). The molecule has 1 atom stereocenters. The summed E-state index contributed by atoms with van der Waals surface area (Å²) >= 11 is 12.6. The summed E-state index contributed by atoms with van der Waals surface area (Å²) in [7, 11) is 0. The first-order valence-corrected chi connectivity index (χ1v) is 10.5. The number of carbonyl (C=O) groups excluding carboxylic acids is 2. The highest BCUT2D eigenvalue weighted by molar-refractivity contribution is 6.35. The molecule has 4 rings (SSSR count). The molecule has 5 nitrogen and oxygen atoms in total. The predicted octanol–water partition coefficient (Wildman–Crippen LogP) is 5.30. The molecule has 2 heterocycles. The number of carbonyl (C=O) groups is 2. The van der Waals surface area contributed by atoms with Crippen LogP contribution in [0.5, 0.6) is 0 Å². The number of nitrogens with one attached hydrogen (secondary N) is 2. The fourth-order valence-electron chi connectivity index (χ4n) is 4.13. The van der Waals surface area contributed by atoms with Gasteiger partial charge in [0.2, 0.25) is 0 Å². The number of pyridine rings is 1. The van der Waals surface area contributed by atoms with E-state index in [1.54, 1.807) is 24.3 Å². The highest BCUT2D eigenvalue weighted by atomic mass is 35.5. The minimum Gasteiger partial charge on any atom is -0.362 e. The molecule has 1 amide bonds. The van der Waals surface area contributed by atoms with E-state index in [1.807, 2.05) is 26.0 Å². The van der Waals surface area contributed by atoms with Crippen molar-refractivity contribution in [1.82, 2.24) is 10.3 Å². The summed E-state index contributed by atoms with van der Waals surface area (Å²) in [5.41, 5.74) is 4.11. The normalized spacial score (nSPS) is 18.8. The van der Waals surface area contributed by atoms with Gasteiger partial charge in [-0.3, -0.25) is 9.59 Å². The van der Waals surface area contributed by atoms with Crippen LogP contribution < -0.4 is 10.6 Å². The van der Waals surface area contributed by atoms with Gasteiger partial charge in [0.1, 0.15) is 5.82 Å². The lowest BCUT2D eigenvalue weighted by molar-refractivity contribution is -0.116. The maximum atomic E-state index is 13.4. The molecule has 0 radical (unpaired) electrons. The Balaban J connectivity index is 1.82. The molecule has 0 bridgehead atoms. The minimum absolute atomic E-state index is 0.0336. The molecule has 0 fully saturated rings. The summed E-state index contributed by atoms with van der Waals surface area (Å²) in [5, 5.41) is 7.09. The Hall–Kier alpha value is -2.63. The van der Waals surface area contributed by atoms with Crippen molar-refractivity contribution in [2.75, 3.05) is 5.32 Å². The number of hydrogen-bond acceptors (Lipinski definition) is 4. The Morgan fingerprint density at radius 3 is 2.70 bits per heavy atom. The number of Topliss-reactive ketones (excluding diaryl/α,β-unsaturated/α-hetero) is 1. The second-order valence-corrected chi connectivity index (χ2v) is 8.39. The highest BCUT2D eigenvalue weighted by Crippen LogP contribution is 2.44. The third-order valence-electron chi connectivity index (χ3n) is 5.42. The first-order chi connectivity index (χ1) is 14.3. The fourth-order valence-corrected chi connectivity index (χ4v) is 4.64. The van der Waals surface area contributed by atoms with Gasteiger partial charge in [0.25, 0.3) is 5.91 Å². The van der Waals surface area contributed by atoms with E-state index in [2.05, 4.69) is 15.6 Å². The van der Waals surface area contributed by atoms with E-state index in [9.17, 15) is 9.59 Å². The summed E-state index contributed by atoms with van der Waals surface area (Å²) in [5.74, 6) is -0.398. The van der Waals surface area contributed by atoms with Gasteiger partial charge in [0.15, 0.2) is 5.78 Å². The van der Waals surface area contributed by atoms with E-state index in [1.165, 1.54) is 0 Å². The number of aryl methyl sites for hydroxylation is 1. The second-order valence-electron chi connectivity index (χ2n) is 7.55. The van der Waals surface area contributed by atoms with E-state index >= 15 is 0 Å². The van der Waals surface area contributed by atoms with Gasteiger partial charge >= 0.3 is 0 Å². The first-order valence-electron chi connectivity index (χ1n) is 9.79. The second kappa shape index (κ2) is 8.25. The molecule has 2 N–H and O–H groups in total. The number of anilines is 1. The van der Waals surface area contributed by atoms with Gasteiger partial charge in [-0.05, 0) is 56.5 Å². The van der Waals surface area contributed by atoms with E-state index in [0.29, 0.717) is 44.7 Å². The van der Waals surface area contributed by atoms with Gasteiger partial charge in [-0.15, -0.1) is 0 Å². The monoisotopic (exact) mass is 441 g/mol. The van der Waals surface area contributed by atoms with Crippen molar-refractivity contribution in [1.29, 1.82) is 0 Å². The van der Waals surface area contributed by atoms with Crippen molar-refractivity contribution < 1.29 is 9.59 Å². The molecule has 0 saturated carbocycles. The zero-order valence-corrected chi connectivity index (χ0v) is 18.2. The smallest absolute Gasteiger partial charge is 0.255 e. The lowest BCUT2D eigenvalue weighted by atomic mass is 9.75. The molecule has 2 aliphatic rings. The predicted molar refractivity (Wildman–Crippen MR) is 119 cm³/mol.